The third-order valence-electron chi connectivity index (χ3n) is 7.63. The second kappa shape index (κ2) is 10.7. The van der Waals surface area contributed by atoms with Crippen LogP contribution in [-0.4, -0.2) is 47.8 Å². The van der Waals surface area contributed by atoms with Crippen molar-refractivity contribution in [1.29, 1.82) is 0 Å². The average Bonchev–Trinajstić information content (AvgIpc) is 2.88. The summed E-state index contributed by atoms with van der Waals surface area (Å²) in [6.45, 7) is 1.99. The molecule has 2 aliphatic rings. The molecule has 0 aromatic heterocycles. The summed E-state index contributed by atoms with van der Waals surface area (Å²) in [7, 11) is 0. The predicted molar refractivity (Wildman–Crippen MR) is 131 cm³/mol. The zero-order chi connectivity index (χ0) is 23.1. The molecule has 0 radical (unpaired) electrons. The lowest BCUT2D eigenvalue weighted by Crippen LogP contribution is -2.48. The highest BCUT2D eigenvalue weighted by atomic mass is 16.2. The van der Waals surface area contributed by atoms with Gasteiger partial charge in [0.1, 0.15) is 6.54 Å². The molecule has 4 rings (SSSR count). The Hall–Kier alpha value is -3.06. The Bertz CT molecular complexity index is 924. The lowest BCUT2D eigenvalue weighted by atomic mass is 9.68. The second-order valence-corrected chi connectivity index (χ2v) is 9.65. The van der Waals surface area contributed by atoms with E-state index in [2.05, 4.69) is 30.2 Å². The fourth-order valence-corrected chi connectivity index (χ4v) is 5.60. The van der Waals surface area contributed by atoms with Gasteiger partial charge in [-0.1, -0.05) is 79.9 Å². The largest absolute Gasteiger partial charge is 0.341 e. The van der Waals surface area contributed by atoms with Crippen molar-refractivity contribution in [3.63, 3.8) is 0 Å². The molecule has 1 spiro atoms. The molecule has 2 aromatic carbocycles. The van der Waals surface area contributed by atoms with Crippen LogP contribution in [0.5, 0.6) is 0 Å². The maximum atomic E-state index is 13.2. The SMILES string of the molecule is C#CC(=O)N(CC(=O)N1CCC2(CCCCC2)CC1)CC(c1ccccc1)c1ccccc1. The van der Waals surface area contributed by atoms with Gasteiger partial charge in [-0.2, -0.15) is 0 Å². The Morgan fingerprint density at radius 1 is 0.879 bits per heavy atom. The molecule has 2 fully saturated rings. The monoisotopic (exact) mass is 442 g/mol. The van der Waals surface area contributed by atoms with E-state index in [0.717, 1.165) is 37.1 Å². The minimum absolute atomic E-state index is 0.00383. The minimum Gasteiger partial charge on any atom is -0.341 e. The van der Waals surface area contributed by atoms with Crippen LogP contribution in [0.1, 0.15) is 62.0 Å². The van der Waals surface area contributed by atoms with E-state index >= 15 is 0 Å². The predicted octanol–water partition coefficient (Wildman–Crippen LogP) is 4.85. The Balaban J connectivity index is 1.47. The maximum absolute atomic E-state index is 13.2. The van der Waals surface area contributed by atoms with E-state index in [0.29, 0.717) is 12.0 Å². The first-order valence-electron chi connectivity index (χ1n) is 12.2. The van der Waals surface area contributed by atoms with Gasteiger partial charge in [-0.15, -0.1) is 6.42 Å². The Kier molecular flexibility index (Phi) is 7.50. The molecule has 0 atom stereocenters. The Morgan fingerprint density at radius 3 is 1.94 bits per heavy atom. The lowest BCUT2D eigenvalue weighted by Gasteiger charge is -2.44. The van der Waals surface area contributed by atoms with Crippen molar-refractivity contribution >= 4 is 11.8 Å². The summed E-state index contributed by atoms with van der Waals surface area (Å²) < 4.78 is 0. The van der Waals surface area contributed by atoms with Crippen LogP contribution in [0.4, 0.5) is 0 Å². The van der Waals surface area contributed by atoms with Gasteiger partial charge in [-0.05, 0) is 48.1 Å². The summed E-state index contributed by atoms with van der Waals surface area (Å²) in [6.07, 6.45) is 14.2. The molecule has 1 heterocycles. The highest BCUT2D eigenvalue weighted by molar-refractivity contribution is 5.95. The smallest absolute Gasteiger partial charge is 0.298 e. The van der Waals surface area contributed by atoms with E-state index in [9.17, 15) is 9.59 Å². The first-order chi connectivity index (χ1) is 16.1. The van der Waals surface area contributed by atoms with Gasteiger partial charge in [0.2, 0.25) is 5.91 Å². The number of amides is 2. The van der Waals surface area contributed by atoms with E-state index in [4.69, 9.17) is 6.42 Å². The first kappa shape index (κ1) is 23.1. The highest BCUT2D eigenvalue weighted by Gasteiger charge is 2.37. The van der Waals surface area contributed by atoms with Gasteiger partial charge in [0.25, 0.3) is 5.91 Å². The summed E-state index contributed by atoms with van der Waals surface area (Å²) in [5.74, 6) is 1.77. The molecule has 4 nitrogen and oxygen atoms in total. The molecule has 0 N–H and O–H groups in total. The van der Waals surface area contributed by atoms with Crippen LogP contribution in [0.15, 0.2) is 60.7 Å². The summed E-state index contributed by atoms with van der Waals surface area (Å²) in [5.41, 5.74) is 2.64. The number of carbonyl (C=O) groups is 2. The highest BCUT2D eigenvalue weighted by Crippen LogP contribution is 2.44. The summed E-state index contributed by atoms with van der Waals surface area (Å²) in [6, 6.07) is 20.2. The zero-order valence-corrected chi connectivity index (χ0v) is 19.4. The molecule has 1 saturated heterocycles. The topological polar surface area (TPSA) is 40.6 Å². The molecular weight excluding hydrogens is 408 g/mol. The molecule has 2 amide bonds. The molecule has 0 bridgehead atoms. The number of likely N-dealkylation sites (tertiary alicyclic amines) is 1. The van der Waals surface area contributed by atoms with Crippen molar-refractivity contribution in [1.82, 2.24) is 9.80 Å². The van der Waals surface area contributed by atoms with Crippen molar-refractivity contribution < 1.29 is 9.59 Å². The van der Waals surface area contributed by atoms with Gasteiger partial charge < -0.3 is 9.80 Å². The number of terminal acetylenes is 1. The molecule has 33 heavy (non-hydrogen) atoms. The van der Waals surface area contributed by atoms with Gasteiger partial charge in [-0.3, -0.25) is 9.59 Å². The standard InChI is InChI=1S/C29H34N2O2/c1-2-27(32)31(22-26(24-12-6-3-7-13-24)25-14-8-4-9-15-25)23-28(33)30-20-18-29(19-21-30)16-10-5-11-17-29/h1,3-4,6-9,12-15,26H,5,10-11,16-23H2. The minimum atomic E-state index is -0.430. The number of nitrogens with zero attached hydrogens (tertiary/aromatic N) is 2. The van der Waals surface area contributed by atoms with Gasteiger partial charge in [-0.25, -0.2) is 0 Å². The normalized spacial score (nSPS) is 17.5. The third kappa shape index (κ3) is 5.66. The molecular formula is C29H34N2O2. The zero-order valence-electron chi connectivity index (χ0n) is 19.4. The Morgan fingerprint density at radius 2 is 1.42 bits per heavy atom. The number of benzene rings is 2. The van der Waals surface area contributed by atoms with Crippen molar-refractivity contribution in [2.24, 2.45) is 5.41 Å². The van der Waals surface area contributed by atoms with Gasteiger partial charge in [0.15, 0.2) is 0 Å². The molecule has 4 heteroatoms. The fourth-order valence-electron chi connectivity index (χ4n) is 5.60. The van der Waals surface area contributed by atoms with Crippen molar-refractivity contribution in [3.05, 3.63) is 71.8 Å². The molecule has 1 aliphatic carbocycles. The summed E-state index contributed by atoms with van der Waals surface area (Å²) in [4.78, 5) is 29.4. The van der Waals surface area contributed by atoms with Crippen LogP contribution in [0.3, 0.4) is 0 Å². The molecule has 1 saturated carbocycles. The van der Waals surface area contributed by atoms with Crippen LogP contribution >= 0.6 is 0 Å². The van der Waals surface area contributed by atoms with Crippen molar-refractivity contribution in [2.75, 3.05) is 26.2 Å². The quantitative estimate of drug-likeness (QED) is 0.600. The molecule has 2 aromatic rings. The van der Waals surface area contributed by atoms with Gasteiger partial charge in [0, 0.05) is 25.6 Å². The van der Waals surface area contributed by atoms with E-state index in [1.807, 2.05) is 41.3 Å². The second-order valence-electron chi connectivity index (χ2n) is 9.65. The fraction of sp³-hybridized carbons (Fsp3) is 0.448. The van der Waals surface area contributed by atoms with E-state index in [1.54, 1.807) is 4.90 Å². The third-order valence-corrected chi connectivity index (χ3v) is 7.63. The molecule has 0 unspecified atom stereocenters. The van der Waals surface area contributed by atoms with E-state index in [1.165, 1.54) is 32.1 Å². The maximum Gasteiger partial charge on any atom is 0.298 e. The van der Waals surface area contributed by atoms with Crippen LogP contribution in [-0.2, 0) is 9.59 Å². The van der Waals surface area contributed by atoms with Crippen molar-refractivity contribution in [2.45, 2.75) is 50.9 Å². The molecule has 172 valence electrons. The van der Waals surface area contributed by atoms with Crippen LogP contribution < -0.4 is 0 Å². The summed E-state index contributed by atoms with van der Waals surface area (Å²) in [5, 5.41) is 0. The number of hydrogen-bond donors (Lipinski definition) is 0. The van der Waals surface area contributed by atoms with Crippen molar-refractivity contribution in [3.8, 4) is 12.3 Å². The first-order valence-corrected chi connectivity index (χ1v) is 12.2. The number of piperidine rings is 1. The summed E-state index contributed by atoms with van der Waals surface area (Å²) >= 11 is 0. The average molecular weight is 443 g/mol. The van der Waals surface area contributed by atoms with Gasteiger partial charge in [0.05, 0.1) is 0 Å². The number of hydrogen-bond acceptors (Lipinski definition) is 2. The Labute approximate surface area is 198 Å². The van der Waals surface area contributed by atoms with E-state index < -0.39 is 5.91 Å². The van der Waals surface area contributed by atoms with Gasteiger partial charge >= 0.3 is 0 Å². The van der Waals surface area contributed by atoms with Crippen LogP contribution in [0.25, 0.3) is 0 Å². The molecule has 1 aliphatic heterocycles. The number of rotatable bonds is 6. The van der Waals surface area contributed by atoms with Crippen LogP contribution in [0, 0.1) is 17.8 Å². The lowest BCUT2D eigenvalue weighted by molar-refractivity contribution is -0.139. The number of carbonyl (C=O) groups excluding carboxylic acids is 2. The van der Waals surface area contributed by atoms with E-state index in [-0.39, 0.29) is 18.4 Å². The van der Waals surface area contributed by atoms with Crippen LogP contribution in [0.2, 0.25) is 0 Å².